The fourth-order valence-electron chi connectivity index (χ4n) is 3.21. The number of hydrogen-bond donors (Lipinski definition) is 0. The van der Waals surface area contributed by atoms with Crippen LogP contribution in [0.2, 0.25) is 5.02 Å². The number of hydrogen-bond acceptors (Lipinski definition) is 3. The normalized spacial score (nSPS) is 13.4. The number of nitrogens with zero attached hydrogens (tertiary/aromatic N) is 2. The van der Waals surface area contributed by atoms with E-state index in [4.69, 9.17) is 16.3 Å². The number of carbonyl (C=O) groups excluding carboxylic acids is 1. The van der Waals surface area contributed by atoms with Gasteiger partial charge < -0.3 is 9.64 Å². The second-order valence-electron chi connectivity index (χ2n) is 6.53. The molecule has 1 amide bonds. The standard InChI is InChI=1S/C22H19ClN2O2/c23-20-6-3-16(4-7-20)12-22(26)25-10-11-27-21-8-5-17(13-19(21)15-25)18-2-1-9-24-14-18/h1-9,13-14H,10-12,15H2. The molecular formula is C22H19ClN2O2. The Morgan fingerprint density at radius 1 is 1.11 bits per heavy atom. The van der Waals surface area contributed by atoms with Gasteiger partial charge in [0.05, 0.1) is 13.0 Å². The lowest BCUT2D eigenvalue weighted by Gasteiger charge is -2.20. The van der Waals surface area contributed by atoms with Gasteiger partial charge in [-0.1, -0.05) is 35.9 Å². The third-order valence-electron chi connectivity index (χ3n) is 4.66. The molecule has 0 radical (unpaired) electrons. The monoisotopic (exact) mass is 378 g/mol. The minimum absolute atomic E-state index is 0.0838. The quantitative estimate of drug-likeness (QED) is 0.679. The summed E-state index contributed by atoms with van der Waals surface area (Å²) < 4.78 is 5.86. The van der Waals surface area contributed by atoms with Gasteiger partial charge in [0.1, 0.15) is 12.4 Å². The van der Waals surface area contributed by atoms with E-state index in [1.807, 2.05) is 59.6 Å². The number of carbonyl (C=O) groups is 1. The highest BCUT2D eigenvalue weighted by Crippen LogP contribution is 2.29. The SMILES string of the molecule is O=C(Cc1ccc(Cl)cc1)N1CCOc2ccc(-c3cccnc3)cc2C1. The molecule has 0 fully saturated rings. The minimum atomic E-state index is 0.0838. The van der Waals surface area contributed by atoms with Crippen LogP contribution in [0, 0.1) is 0 Å². The Hall–Kier alpha value is -2.85. The van der Waals surface area contributed by atoms with Crippen LogP contribution in [0.15, 0.2) is 67.0 Å². The van der Waals surface area contributed by atoms with Gasteiger partial charge in [-0.3, -0.25) is 9.78 Å². The first kappa shape index (κ1) is 17.6. The predicted octanol–water partition coefficient (Wildman–Crippen LogP) is 4.37. The van der Waals surface area contributed by atoms with Crippen LogP contribution in [-0.4, -0.2) is 28.9 Å². The molecule has 4 rings (SSSR count). The second-order valence-corrected chi connectivity index (χ2v) is 6.97. The van der Waals surface area contributed by atoms with Gasteiger partial charge in [0.15, 0.2) is 0 Å². The smallest absolute Gasteiger partial charge is 0.227 e. The second kappa shape index (κ2) is 7.80. The van der Waals surface area contributed by atoms with E-state index in [1.165, 1.54) is 0 Å². The highest BCUT2D eigenvalue weighted by molar-refractivity contribution is 6.30. The number of benzene rings is 2. The first-order chi connectivity index (χ1) is 13.2. The summed E-state index contributed by atoms with van der Waals surface area (Å²) in [5.74, 6) is 0.921. The Labute approximate surface area is 163 Å². The van der Waals surface area contributed by atoms with Crippen LogP contribution in [0.3, 0.4) is 0 Å². The van der Waals surface area contributed by atoms with E-state index < -0.39 is 0 Å². The molecule has 0 spiro atoms. The molecule has 0 bridgehead atoms. The van der Waals surface area contributed by atoms with Crippen molar-refractivity contribution in [2.75, 3.05) is 13.2 Å². The largest absolute Gasteiger partial charge is 0.491 e. The summed E-state index contributed by atoms with van der Waals surface area (Å²) >= 11 is 5.92. The van der Waals surface area contributed by atoms with E-state index in [0.29, 0.717) is 31.1 Å². The van der Waals surface area contributed by atoms with Crippen molar-refractivity contribution in [3.05, 3.63) is 83.1 Å². The predicted molar refractivity (Wildman–Crippen MR) is 106 cm³/mol. The first-order valence-corrected chi connectivity index (χ1v) is 9.25. The Bertz CT molecular complexity index is 942. The van der Waals surface area contributed by atoms with Crippen molar-refractivity contribution < 1.29 is 9.53 Å². The Kier molecular flexibility index (Phi) is 5.07. The number of aromatic nitrogens is 1. The summed E-state index contributed by atoms with van der Waals surface area (Å²) in [7, 11) is 0. The van der Waals surface area contributed by atoms with Crippen molar-refractivity contribution in [2.24, 2.45) is 0 Å². The van der Waals surface area contributed by atoms with Crippen molar-refractivity contribution in [3.63, 3.8) is 0 Å². The number of pyridine rings is 1. The summed E-state index contributed by atoms with van der Waals surface area (Å²) in [5.41, 5.74) is 4.08. The van der Waals surface area contributed by atoms with E-state index in [2.05, 4.69) is 11.1 Å². The topological polar surface area (TPSA) is 42.4 Å². The number of amides is 1. The molecular weight excluding hydrogens is 360 g/mol. The van der Waals surface area contributed by atoms with Crippen LogP contribution in [-0.2, 0) is 17.8 Å². The molecule has 4 nitrogen and oxygen atoms in total. The van der Waals surface area contributed by atoms with Crippen LogP contribution in [0.4, 0.5) is 0 Å². The maximum Gasteiger partial charge on any atom is 0.227 e. The van der Waals surface area contributed by atoms with E-state index in [-0.39, 0.29) is 5.91 Å². The molecule has 5 heteroatoms. The van der Waals surface area contributed by atoms with E-state index in [1.54, 1.807) is 6.20 Å². The molecule has 0 unspecified atom stereocenters. The van der Waals surface area contributed by atoms with Crippen molar-refractivity contribution in [2.45, 2.75) is 13.0 Å². The van der Waals surface area contributed by atoms with Crippen molar-refractivity contribution >= 4 is 17.5 Å². The van der Waals surface area contributed by atoms with Crippen LogP contribution < -0.4 is 4.74 Å². The van der Waals surface area contributed by atoms with Crippen molar-refractivity contribution in [1.29, 1.82) is 0 Å². The van der Waals surface area contributed by atoms with Crippen LogP contribution in [0.5, 0.6) is 5.75 Å². The summed E-state index contributed by atoms with van der Waals surface area (Å²) in [5, 5.41) is 0.672. The maximum absolute atomic E-state index is 12.8. The molecule has 0 atom stereocenters. The van der Waals surface area contributed by atoms with E-state index in [0.717, 1.165) is 28.0 Å². The molecule has 2 aromatic carbocycles. The number of halogens is 1. The van der Waals surface area contributed by atoms with E-state index in [9.17, 15) is 4.79 Å². The zero-order chi connectivity index (χ0) is 18.6. The third kappa shape index (κ3) is 4.12. The molecule has 0 N–H and O–H groups in total. The average molecular weight is 379 g/mol. The van der Waals surface area contributed by atoms with Gasteiger partial charge >= 0.3 is 0 Å². The number of fused-ring (bicyclic) bond motifs is 1. The zero-order valence-electron chi connectivity index (χ0n) is 14.8. The molecule has 0 saturated carbocycles. The van der Waals surface area contributed by atoms with Gasteiger partial charge in [-0.25, -0.2) is 0 Å². The fraction of sp³-hybridized carbons (Fsp3) is 0.182. The Morgan fingerprint density at radius 3 is 2.74 bits per heavy atom. The molecule has 1 aromatic heterocycles. The van der Waals surface area contributed by atoms with Crippen molar-refractivity contribution in [3.8, 4) is 16.9 Å². The van der Waals surface area contributed by atoms with Gasteiger partial charge in [-0.2, -0.15) is 0 Å². The molecule has 27 heavy (non-hydrogen) atoms. The van der Waals surface area contributed by atoms with Gasteiger partial charge in [0.2, 0.25) is 5.91 Å². The number of ether oxygens (including phenoxy) is 1. The minimum Gasteiger partial charge on any atom is -0.491 e. The van der Waals surface area contributed by atoms with Crippen LogP contribution >= 0.6 is 11.6 Å². The van der Waals surface area contributed by atoms with Gasteiger partial charge in [-0.05, 0) is 41.5 Å². The summed E-state index contributed by atoms with van der Waals surface area (Å²) in [6, 6.07) is 17.4. The first-order valence-electron chi connectivity index (χ1n) is 8.87. The molecule has 0 aliphatic carbocycles. The third-order valence-corrected chi connectivity index (χ3v) is 4.91. The molecule has 1 aliphatic rings. The molecule has 2 heterocycles. The van der Waals surface area contributed by atoms with Crippen LogP contribution in [0.1, 0.15) is 11.1 Å². The molecule has 3 aromatic rings. The number of rotatable bonds is 3. The van der Waals surface area contributed by atoms with Gasteiger partial charge in [-0.15, -0.1) is 0 Å². The Morgan fingerprint density at radius 2 is 1.96 bits per heavy atom. The van der Waals surface area contributed by atoms with Gasteiger partial charge in [0, 0.05) is 35.1 Å². The zero-order valence-corrected chi connectivity index (χ0v) is 15.5. The highest BCUT2D eigenvalue weighted by Gasteiger charge is 2.20. The average Bonchev–Trinajstić information content (AvgIpc) is 2.92. The van der Waals surface area contributed by atoms with Crippen molar-refractivity contribution in [1.82, 2.24) is 9.88 Å². The fourth-order valence-corrected chi connectivity index (χ4v) is 3.33. The lowest BCUT2D eigenvalue weighted by atomic mass is 10.0. The lowest BCUT2D eigenvalue weighted by Crippen LogP contribution is -2.33. The summed E-state index contributed by atoms with van der Waals surface area (Å²) in [6.45, 7) is 1.60. The summed E-state index contributed by atoms with van der Waals surface area (Å²) in [4.78, 5) is 18.8. The van der Waals surface area contributed by atoms with Gasteiger partial charge in [0.25, 0.3) is 0 Å². The molecule has 136 valence electrons. The summed E-state index contributed by atoms with van der Waals surface area (Å²) in [6.07, 6.45) is 3.95. The maximum atomic E-state index is 12.8. The highest BCUT2D eigenvalue weighted by atomic mass is 35.5. The van der Waals surface area contributed by atoms with Crippen LogP contribution in [0.25, 0.3) is 11.1 Å². The molecule has 0 saturated heterocycles. The lowest BCUT2D eigenvalue weighted by molar-refractivity contribution is -0.131. The molecule has 1 aliphatic heterocycles. The Balaban J connectivity index is 1.54. The van der Waals surface area contributed by atoms with E-state index >= 15 is 0 Å².